The second kappa shape index (κ2) is 8.06. The van der Waals surface area contributed by atoms with Gasteiger partial charge in [-0.1, -0.05) is 18.2 Å². The number of hydrogen-bond acceptors (Lipinski definition) is 6. The first kappa shape index (κ1) is 19.2. The van der Waals surface area contributed by atoms with Crippen molar-refractivity contribution in [3.63, 3.8) is 0 Å². The van der Waals surface area contributed by atoms with E-state index in [0.29, 0.717) is 44.4 Å². The maximum Gasteiger partial charge on any atom is 0.409 e. The summed E-state index contributed by atoms with van der Waals surface area (Å²) in [6, 6.07) is 10.1. The Balaban J connectivity index is 1.48. The van der Waals surface area contributed by atoms with Crippen molar-refractivity contribution < 1.29 is 14.3 Å². The molecule has 2 aliphatic rings. The number of benzene rings is 1. The molecule has 1 aromatic carbocycles. The summed E-state index contributed by atoms with van der Waals surface area (Å²) in [5.41, 5.74) is 2.72. The molecule has 2 amide bonds. The number of nitrogens with zero attached hydrogens (tertiary/aromatic N) is 5. The zero-order chi connectivity index (χ0) is 20.4. The zero-order valence-electron chi connectivity index (χ0n) is 16.7. The molecule has 1 fully saturated rings. The smallest absolute Gasteiger partial charge is 0.409 e. The summed E-state index contributed by atoms with van der Waals surface area (Å²) in [6.07, 6.45) is 2.23. The van der Waals surface area contributed by atoms with E-state index >= 15 is 0 Å². The second-order valence-corrected chi connectivity index (χ2v) is 7.27. The number of aromatic nitrogens is 2. The number of ether oxygens (including phenoxy) is 1. The van der Waals surface area contributed by atoms with Gasteiger partial charge >= 0.3 is 6.09 Å². The van der Waals surface area contributed by atoms with Crippen LogP contribution in [0.15, 0.2) is 36.5 Å². The Morgan fingerprint density at radius 2 is 1.83 bits per heavy atom. The first-order valence-corrected chi connectivity index (χ1v) is 9.99. The first-order chi connectivity index (χ1) is 14.1. The summed E-state index contributed by atoms with van der Waals surface area (Å²) in [5.74, 6) is 0.399. The maximum absolute atomic E-state index is 13.0. The number of carbonyl (C=O) groups is 2. The lowest BCUT2D eigenvalue weighted by atomic mass is 10.1. The van der Waals surface area contributed by atoms with Gasteiger partial charge in [0, 0.05) is 44.1 Å². The molecular formula is C21H25N5O3. The van der Waals surface area contributed by atoms with Crippen LogP contribution in [0.1, 0.15) is 29.9 Å². The summed E-state index contributed by atoms with van der Waals surface area (Å²) < 4.78 is 5.03. The minimum Gasteiger partial charge on any atom is -0.450 e. The number of hydrogen-bond donors (Lipinski definition) is 0. The molecule has 3 heterocycles. The fraction of sp³-hybridized carbons (Fsp3) is 0.429. The molecule has 0 radical (unpaired) electrons. The summed E-state index contributed by atoms with van der Waals surface area (Å²) >= 11 is 0. The number of fused-ring (bicyclic) bond motifs is 1. The van der Waals surface area contributed by atoms with Crippen LogP contribution >= 0.6 is 0 Å². The van der Waals surface area contributed by atoms with E-state index in [1.807, 2.05) is 12.1 Å². The molecule has 0 N–H and O–H groups in total. The molecule has 2 aromatic rings. The summed E-state index contributed by atoms with van der Waals surface area (Å²) in [5, 5.41) is 0. The molecule has 8 nitrogen and oxygen atoms in total. The molecule has 0 saturated carbocycles. The average Bonchev–Trinajstić information content (AvgIpc) is 3.09. The standard InChI is InChI=1S/C21H25N5O3/c1-3-29-21(28)25-12-10-24(11-13-25)19(27)17-8-9-22-20(23-17)26-15(2)14-16-6-4-5-7-18(16)26/h4-9,15H,3,10-14H2,1-2H3. The lowest BCUT2D eigenvalue weighted by molar-refractivity contribution is 0.0566. The maximum atomic E-state index is 13.0. The van der Waals surface area contributed by atoms with Crippen molar-refractivity contribution >= 4 is 23.6 Å². The van der Waals surface area contributed by atoms with Crippen LogP contribution in [-0.2, 0) is 11.2 Å². The van der Waals surface area contributed by atoms with Crippen LogP contribution in [-0.4, -0.2) is 70.6 Å². The molecule has 4 rings (SSSR count). The van der Waals surface area contributed by atoms with Gasteiger partial charge in [-0.25, -0.2) is 14.8 Å². The van der Waals surface area contributed by atoms with E-state index in [4.69, 9.17) is 4.74 Å². The molecular weight excluding hydrogens is 370 g/mol. The van der Waals surface area contributed by atoms with Gasteiger partial charge in [0.2, 0.25) is 5.95 Å². The summed E-state index contributed by atoms with van der Waals surface area (Å²) in [4.78, 5) is 39.3. The quantitative estimate of drug-likeness (QED) is 0.794. The lowest BCUT2D eigenvalue weighted by Gasteiger charge is -2.34. The van der Waals surface area contributed by atoms with E-state index < -0.39 is 0 Å². The molecule has 2 aliphatic heterocycles. The average molecular weight is 395 g/mol. The van der Waals surface area contributed by atoms with E-state index in [-0.39, 0.29) is 18.0 Å². The van der Waals surface area contributed by atoms with Crippen LogP contribution in [0.5, 0.6) is 0 Å². The highest BCUT2D eigenvalue weighted by atomic mass is 16.6. The summed E-state index contributed by atoms with van der Waals surface area (Å²) in [6.45, 7) is 6.09. The Bertz CT molecular complexity index is 911. The molecule has 152 valence electrons. The third-order valence-electron chi connectivity index (χ3n) is 5.38. The van der Waals surface area contributed by atoms with Crippen LogP contribution < -0.4 is 4.90 Å². The molecule has 1 unspecified atom stereocenters. The number of rotatable bonds is 3. The highest BCUT2D eigenvalue weighted by Gasteiger charge is 2.30. The topological polar surface area (TPSA) is 78.9 Å². The van der Waals surface area contributed by atoms with Crippen molar-refractivity contribution in [2.75, 3.05) is 37.7 Å². The Labute approximate surface area is 170 Å². The lowest BCUT2D eigenvalue weighted by Crippen LogP contribution is -2.50. The van der Waals surface area contributed by atoms with Gasteiger partial charge in [0.1, 0.15) is 5.69 Å². The van der Waals surface area contributed by atoms with Crippen LogP contribution in [0, 0.1) is 0 Å². The van der Waals surface area contributed by atoms with Gasteiger partial charge in [-0.2, -0.15) is 0 Å². The van der Waals surface area contributed by atoms with E-state index in [0.717, 1.165) is 12.1 Å². The molecule has 29 heavy (non-hydrogen) atoms. The van der Waals surface area contributed by atoms with Gasteiger partial charge in [-0.05, 0) is 38.0 Å². The fourth-order valence-electron chi connectivity index (χ4n) is 3.92. The Morgan fingerprint density at radius 1 is 1.10 bits per heavy atom. The van der Waals surface area contributed by atoms with Crippen LogP contribution in [0.3, 0.4) is 0 Å². The Morgan fingerprint density at radius 3 is 2.59 bits per heavy atom. The molecule has 0 aliphatic carbocycles. The van der Waals surface area contributed by atoms with E-state index in [9.17, 15) is 9.59 Å². The van der Waals surface area contributed by atoms with Gasteiger partial charge in [0.25, 0.3) is 5.91 Å². The van der Waals surface area contributed by atoms with Gasteiger partial charge in [-0.3, -0.25) is 4.79 Å². The molecule has 0 spiro atoms. The van der Waals surface area contributed by atoms with Crippen molar-refractivity contribution in [3.05, 3.63) is 47.8 Å². The van der Waals surface area contributed by atoms with E-state index in [1.165, 1.54) is 5.56 Å². The number of carbonyl (C=O) groups excluding carboxylic acids is 2. The van der Waals surface area contributed by atoms with Gasteiger partial charge < -0.3 is 19.4 Å². The van der Waals surface area contributed by atoms with Crippen LogP contribution in [0.2, 0.25) is 0 Å². The first-order valence-electron chi connectivity index (χ1n) is 9.99. The Hall–Kier alpha value is -3.16. The number of anilines is 2. The zero-order valence-corrected chi connectivity index (χ0v) is 16.7. The van der Waals surface area contributed by atoms with Crippen molar-refractivity contribution in [1.82, 2.24) is 19.8 Å². The van der Waals surface area contributed by atoms with Crippen molar-refractivity contribution in [3.8, 4) is 0 Å². The van der Waals surface area contributed by atoms with Gasteiger partial charge in [0.15, 0.2) is 0 Å². The molecule has 8 heteroatoms. The minimum atomic E-state index is -0.328. The number of piperazine rings is 1. The predicted octanol–water partition coefficient (Wildman–Crippen LogP) is 2.47. The largest absolute Gasteiger partial charge is 0.450 e. The summed E-state index contributed by atoms with van der Waals surface area (Å²) in [7, 11) is 0. The molecule has 1 saturated heterocycles. The Kier molecular flexibility index (Phi) is 5.33. The molecule has 1 atom stereocenters. The molecule has 1 aromatic heterocycles. The SMILES string of the molecule is CCOC(=O)N1CCN(C(=O)c2ccnc(N3c4ccccc4CC3C)n2)CC1. The third kappa shape index (κ3) is 3.74. The third-order valence-corrected chi connectivity index (χ3v) is 5.38. The predicted molar refractivity (Wildman–Crippen MR) is 108 cm³/mol. The molecule has 0 bridgehead atoms. The number of para-hydroxylation sites is 1. The van der Waals surface area contributed by atoms with Crippen LogP contribution in [0.4, 0.5) is 16.4 Å². The minimum absolute atomic E-state index is 0.141. The van der Waals surface area contributed by atoms with Gasteiger partial charge in [0.05, 0.1) is 6.61 Å². The van der Waals surface area contributed by atoms with Crippen LogP contribution in [0.25, 0.3) is 0 Å². The van der Waals surface area contributed by atoms with E-state index in [1.54, 1.807) is 29.0 Å². The van der Waals surface area contributed by atoms with Gasteiger partial charge in [-0.15, -0.1) is 0 Å². The highest BCUT2D eigenvalue weighted by molar-refractivity contribution is 5.92. The normalized spacial score (nSPS) is 18.6. The highest BCUT2D eigenvalue weighted by Crippen LogP contribution is 2.36. The second-order valence-electron chi connectivity index (χ2n) is 7.27. The van der Waals surface area contributed by atoms with Crippen molar-refractivity contribution in [2.24, 2.45) is 0 Å². The monoisotopic (exact) mass is 395 g/mol. The van der Waals surface area contributed by atoms with E-state index in [2.05, 4.69) is 33.9 Å². The fourth-order valence-corrected chi connectivity index (χ4v) is 3.92. The van der Waals surface area contributed by atoms with Crippen molar-refractivity contribution in [1.29, 1.82) is 0 Å². The van der Waals surface area contributed by atoms with Crippen molar-refractivity contribution in [2.45, 2.75) is 26.3 Å². The number of amides is 2.